The lowest BCUT2D eigenvalue weighted by Gasteiger charge is -2.19. The minimum Gasteiger partial charge on any atom is -0.350 e. The Balaban J connectivity index is 2.28. The van der Waals surface area contributed by atoms with E-state index < -0.39 is 22.7 Å². The Kier molecular flexibility index (Phi) is 4.16. The van der Waals surface area contributed by atoms with Crippen molar-refractivity contribution in [3.05, 3.63) is 82.0 Å². The van der Waals surface area contributed by atoms with E-state index in [9.17, 15) is 14.9 Å². The second kappa shape index (κ2) is 6.28. The lowest BCUT2D eigenvalue weighted by atomic mass is 9.83. The minimum atomic E-state index is -1.31. The summed E-state index contributed by atoms with van der Waals surface area (Å²) in [5, 5.41) is 12.6. The molecule has 122 valence electrons. The van der Waals surface area contributed by atoms with E-state index in [1.54, 1.807) is 0 Å². The number of Topliss-reactive ketones (excluding diaryl/α,β-unsaturated/α-hetero) is 1. The first kappa shape index (κ1) is 15.9. The van der Waals surface area contributed by atoms with Gasteiger partial charge in [0.25, 0.3) is 6.04 Å². The SMILES string of the molecule is CC(=O)[C@H]([C@H](c1ccccc1)c1cn(C)c2ccccc12)[N+](=O)[O-]. The van der Waals surface area contributed by atoms with Crippen LogP contribution in [0.1, 0.15) is 24.0 Å². The van der Waals surface area contributed by atoms with Crippen molar-refractivity contribution >= 4 is 16.7 Å². The van der Waals surface area contributed by atoms with Crippen LogP contribution in [0.25, 0.3) is 10.9 Å². The number of nitro groups is 1. The summed E-state index contributed by atoms with van der Waals surface area (Å²) in [6.07, 6.45) is 1.89. The zero-order valence-electron chi connectivity index (χ0n) is 13.5. The molecule has 0 aliphatic carbocycles. The molecule has 5 heteroatoms. The number of fused-ring (bicyclic) bond motifs is 1. The average Bonchev–Trinajstić information content (AvgIpc) is 2.89. The van der Waals surface area contributed by atoms with Gasteiger partial charge in [0.15, 0.2) is 0 Å². The van der Waals surface area contributed by atoms with Gasteiger partial charge < -0.3 is 4.57 Å². The molecule has 0 saturated carbocycles. The van der Waals surface area contributed by atoms with Crippen LogP contribution in [0.3, 0.4) is 0 Å². The largest absolute Gasteiger partial charge is 0.350 e. The van der Waals surface area contributed by atoms with Crippen molar-refractivity contribution in [1.29, 1.82) is 0 Å². The van der Waals surface area contributed by atoms with E-state index >= 15 is 0 Å². The minimum absolute atomic E-state index is 0.443. The number of carbonyl (C=O) groups is 1. The summed E-state index contributed by atoms with van der Waals surface area (Å²) in [4.78, 5) is 23.2. The Bertz CT molecular complexity index is 885. The van der Waals surface area contributed by atoms with Crippen LogP contribution >= 0.6 is 0 Å². The van der Waals surface area contributed by atoms with Crippen molar-refractivity contribution in [1.82, 2.24) is 4.57 Å². The third kappa shape index (κ3) is 2.69. The van der Waals surface area contributed by atoms with Crippen LogP contribution in [0, 0.1) is 10.1 Å². The highest BCUT2D eigenvalue weighted by atomic mass is 16.6. The molecule has 1 heterocycles. The highest BCUT2D eigenvalue weighted by molar-refractivity contribution is 5.88. The quantitative estimate of drug-likeness (QED) is 0.533. The van der Waals surface area contributed by atoms with Gasteiger partial charge in [-0.2, -0.15) is 0 Å². The number of hydrogen-bond donors (Lipinski definition) is 0. The fraction of sp³-hybridized carbons (Fsp3) is 0.211. The molecule has 0 spiro atoms. The summed E-state index contributed by atoms with van der Waals surface area (Å²) in [6.45, 7) is 1.29. The van der Waals surface area contributed by atoms with E-state index in [1.807, 2.05) is 72.4 Å². The predicted molar refractivity (Wildman–Crippen MR) is 92.7 cm³/mol. The van der Waals surface area contributed by atoms with Crippen LogP contribution < -0.4 is 0 Å². The number of aromatic nitrogens is 1. The fourth-order valence-corrected chi connectivity index (χ4v) is 3.32. The van der Waals surface area contributed by atoms with Gasteiger partial charge in [0, 0.05) is 36.0 Å². The smallest absolute Gasteiger partial charge is 0.280 e. The molecule has 2 aromatic carbocycles. The zero-order valence-corrected chi connectivity index (χ0v) is 13.5. The van der Waals surface area contributed by atoms with Gasteiger partial charge in [0.05, 0.1) is 5.92 Å². The van der Waals surface area contributed by atoms with Crippen LogP contribution in [0.4, 0.5) is 0 Å². The number of aryl methyl sites for hydroxylation is 1. The lowest BCUT2D eigenvalue weighted by Crippen LogP contribution is -2.34. The van der Waals surface area contributed by atoms with E-state index in [0.29, 0.717) is 0 Å². The maximum absolute atomic E-state index is 12.1. The number of benzene rings is 2. The van der Waals surface area contributed by atoms with E-state index in [4.69, 9.17) is 0 Å². The first-order valence-electron chi connectivity index (χ1n) is 7.73. The van der Waals surface area contributed by atoms with Crippen molar-refractivity contribution in [3.63, 3.8) is 0 Å². The van der Waals surface area contributed by atoms with Gasteiger partial charge in [-0.05, 0) is 17.2 Å². The number of hydrogen-bond acceptors (Lipinski definition) is 3. The Morgan fingerprint density at radius 2 is 1.71 bits per heavy atom. The Morgan fingerprint density at radius 1 is 1.08 bits per heavy atom. The number of ketones is 1. The molecule has 0 unspecified atom stereocenters. The summed E-state index contributed by atoms with van der Waals surface area (Å²) in [6, 6.07) is 15.7. The van der Waals surface area contributed by atoms with E-state index in [0.717, 1.165) is 22.0 Å². The maximum atomic E-state index is 12.1. The number of para-hydroxylation sites is 1. The monoisotopic (exact) mass is 322 g/mol. The van der Waals surface area contributed by atoms with Crippen LogP contribution in [0.5, 0.6) is 0 Å². The number of nitrogens with zero attached hydrogens (tertiary/aromatic N) is 2. The molecule has 3 aromatic rings. The van der Waals surface area contributed by atoms with E-state index in [2.05, 4.69) is 0 Å². The summed E-state index contributed by atoms with van der Waals surface area (Å²) in [7, 11) is 1.91. The molecule has 1 aromatic heterocycles. The summed E-state index contributed by atoms with van der Waals surface area (Å²) in [5.74, 6) is -1.06. The normalized spacial score (nSPS) is 13.6. The van der Waals surface area contributed by atoms with Gasteiger partial charge in [0.1, 0.15) is 0 Å². The lowest BCUT2D eigenvalue weighted by molar-refractivity contribution is -0.509. The molecule has 0 bridgehead atoms. The van der Waals surface area contributed by atoms with Crippen LogP contribution in [-0.4, -0.2) is 21.3 Å². The molecule has 0 fully saturated rings. The third-order valence-corrected chi connectivity index (χ3v) is 4.38. The summed E-state index contributed by atoms with van der Waals surface area (Å²) >= 11 is 0. The molecule has 0 saturated heterocycles. The van der Waals surface area contributed by atoms with Crippen molar-refractivity contribution in [2.45, 2.75) is 18.9 Å². The molecule has 0 N–H and O–H groups in total. The topological polar surface area (TPSA) is 65.1 Å². The highest BCUT2D eigenvalue weighted by Gasteiger charge is 2.39. The van der Waals surface area contributed by atoms with Crippen LogP contribution in [0.15, 0.2) is 60.8 Å². The van der Waals surface area contributed by atoms with Gasteiger partial charge in [-0.1, -0.05) is 48.5 Å². The molecule has 0 radical (unpaired) electrons. The Morgan fingerprint density at radius 3 is 2.33 bits per heavy atom. The molecular formula is C19H18N2O3. The Hall–Kier alpha value is -2.95. The predicted octanol–water partition coefficient (Wildman–Crippen LogP) is 3.54. The van der Waals surface area contributed by atoms with Crippen molar-refractivity contribution < 1.29 is 9.72 Å². The number of carbonyl (C=O) groups excluding carboxylic acids is 1. The van der Waals surface area contributed by atoms with Gasteiger partial charge in [0.2, 0.25) is 5.78 Å². The van der Waals surface area contributed by atoms with E-state index in [-0.39, 0.29) is 0 Å². The molecule has 24 heavy (non-hydrogen) atoms. The molecule has 5 nitrogen and oxygen atoms in total. The van der Waals surface area contributed by atoms with Crippen molar-refractivity contribution in [2.75, 3.05) is 0 Å². The van der Waals surface area contributed by atoms with E-state index in [1.165, 1.54) is 6.92 Å². The second-order valence-electron chi connectivity index (χ2n) is 5.94. The first-order chi connectivity index (χ1) is 11.5. The summed E-state index contributed by atoms with van der Waals surface area (Å²) < 4.78 is 1.94. The van der Waals surface area contributed by atoms with Crippen LogP contribution in [0.2, 0.25) is 0 Å². The van der Waals surface area contributed by atoms with Crippen LogP contribution in [-0.2, 0) is 11.8 Å². The average molecular weight is 322 g/mol. The fourth-order valence-electron chi connectivity index (χ4n) is 3.32. The number of rotatable bonds is 5. The van der Waals surface area contributed by atoms with Gasteiger partial charge in [-0.3, -0.25) is 14.9 Å². The zero-order chi connectivity index (χ0) is 17.3. The Labute approximate surface area is 139 Å². The van der Waals surface area contributed by atoms with Gasteiger partial charge in [-0.15, -0.1) is 0 Å². The second-order valence-corrected chi connectivity index (χ2v) is 5.94. The van der Waals surface area contributed by atoms with Gasteiger partial charge >= 0.3 is 0 Å². The molecule has 3 rings (SSSR count). The first-order valence-corrected chi connectivity index (χ1v) is 7.73. The molecule has 0 aliphatic heterocycles. The molecular weight excluding hydrogens is 304 g/mol. The molecule has 0 aliphatic rings. The third-order valence-electron chi connectivity index (χ3n) is 4.38. The molecule has 0 amide bonds. The molecule has 2 atom stereocenters. The van der Waals surface area contributed by atoms with Crippen molar-refractivity contribution in [2.24, 2.45) is 7.05 Å². The van der Waals surface area contributed by atoms with Gasteiger partial charge in [-0.25, -0.2) is 0 Å². The van der Waals surface area contributed by atoms with Crippen molar-refractivity contribution in [3.8, 4) is 0 Å². The summed E-state index contributed by atoms with van der Waals surface area (Å²) in [5.41, 5.74) is 2.56. The highest BCUT2D eigenvalue weighted by Crippen LogP contribution is 2.35. The maximum Gasteiger partial charge on any atom is 0.280 e. The standard InChI is InChI=1S/C19H18N2O3/c1-13(22)19(21(23)24)18(14-8-4-3-5-9-14)16-12-20(2)17-11-7-6-10-15(16)17/h3-12,18-19H,1-2H3/t18-,19-/m1/s1.